The zero-order valence-electron chi connectivity index (χ0n) is 15.2. The maximum atomic E-state index is 11.5. The summed E-state index contributed by atoms with van der Waals surface area (Å²) in [5.41, 5.74) is 0. The molecule has 24 heavy (non-hydrogen) atoms. The summed E-state index contributed by atoms with van der Waals surface area (Å²) in [6.07, 6.45) is 18.5. The summed E-state index contributed by atoms with van der Waals surface area (Å²) < 4.78 is -0.760. The smallest absolute Gasteiger partial charge is 0.312 e. The zero-order valence-corrected chi connectivity index (χ0v) is 16.0. The Morgan fingerprint density at radius 1 is 1.00 bits per heavy atom. The summed E-state index contributed by atoms with van der Waals surface area (Å²) in [5, 5.41) is 11.0. The monoisotopic (exact) mass is 354 g/mol. The van der Waals surface area contributed by atoms with Gasteiger partial charge in [-0.1, -0.05) is 90.0 Å². The minimum absolute atomic E-state index is 0.660. The maximum Gasteiger partial charge on any atom is 0.312 e. The molecule has 0 amide bonds. The highest BCUT2D eigenvalue weighted by Crippen LogP contribution is 2.43. The van der Waals surface area contributed by atoms with Crippen molar-refractivity contribution in [2.24, 2.45) is 5.92 Å². The molecule has 0 bridgehead atoms. The van der Waals surface area contributed by atoms with Gasteiger partial charge >= 0.3 is 5.97 Å². The van der Waals surface area contributed by atoms with Crippen LogP contribution in [-0.4, -0.2) is 22.1 Å². The highest BCUT2D eigenvalue weighted by Gasteiger charge is 2.44. The van der Waals surface area contributed by atoms with E-state index in [2.05, 4.69) is 6.92 Å². The first kappa shape index (κ1) is 21.3. The van der Waals surface area contributed by atoms with Crippen LogP contribution in [0.3, 0.4) is 0 Å². The number of carboxylic acids is 1. The number of hydrogen-bond donors (Lipinski definition) is 1. The minimum Gasteiger partial charge on any atom is -0.481 e. The average molecular weight is 355 g/mol. The molecule has 0 radical (unpaired) electrons. The van der Waals surface area contributed by atoms with Crippen LogP contribution < -0.4 is 0 Å². The molecule has 0 aromatic heterocycles. The molecule has 3 nitrogen and oxygen atoms in total. The third kappa shape index (κ3) is 7.42. The first-order valence-electron chi connectivity index (χ1n) is 9.70. The van der Waals surface area contributed by atoms with Gasteiger partial charge < -0.3 is 9.90 Å². The Bertz CT molecular complexity index is 394. The van der Waals surface area contributed by atoms with Crippen LogP contribution in [0.1, 0.15) is 90.4 Å². The number of thioether (sulfide) groups is 1. The normalized spacial score (nSPS) is 22.8. The Morgan fingerprint density at radius 2 is 1.50 bits per heavy atom. The highest BCUT2D eigenvalue weighted by molar-refractivity contribution is 8.04. The van der Waals surface area contributed by atoms with E-state index in [-0.39, 0.29) is 0 Å². The van der Waals surface area contributed by atoms with Crippen LogP contribution in [0.25, 0.3) is 0 Å². The number of hydrogen-bond acceptors (Lipinski definition) is 3. The average Bonchev–Trinajstić information content (AvgIpc) is 3.00. The summed E-state index contributed by atoms with van der Waals surface area (Å²) in [7, 11) is 0. The van der Waals surface area contributed by atoms with E-state index in [4.69, 9.17) is 0 Å². The molecule has 0 saturated carbocycles. The zero-order chi connectivity index (χ0) is 17.7. The van der Waals surface area contributed by atoms with Gasteiger partial charge in [-0.3, -0.25) is 4.79 Å². The van der Waals surface area contributed by atoms with Gasteiger partial charge in [0.05, 0.1) is 10.7 Å². The van der Waals surface area contributed by atoms with E-state index in [1.165, 1.54) is 76.0 Å². The third-order valence-corrected chi connectivity index (χ3v) is 6.26. The molecule has 0 aliphatic carbocycles. The number of aldehydes is 1. The van der Waals surface area contributed by atoms with E-state index >= 15 is 0 Å². The lowest BCUT2D eigenvalue weighted by Gasteiger charge is -2.26. The van der Waals surface area contributed by atoms with Gasteiger partial charge in [-0.25, -0.2) is 0 Å². The number of aliphatic carboxylic acids is 1. The van der Waals surface area contributed by atoms with Crippen LogP contribution in [0.2, 0.25) is 0 Å². The summed E-state index contributed by atoms with van der Waals surface area (Å²) in [6, 6.07) is 0. The van der Waals surface area contributed by atoms with Crippen molar-refractivity contribution in [1.82, 2.24) is 0 Å². The third-order valence-electron chi connectivity index (χ3n) is 4.97. The lowest BCUT2D eigenvalue weighted by molar-refractivity contribution is -0.142. The quantitative estimate of drug-likeness (QED) is 0.290. The van der Waals surface area contributed by atoms with Crippen molar-refractivity contribution < 1.29 is 14.7 Å². The van der Waals surface area contributed by atoms with Crippen LogP contribution in [-0.2, 0) is 9.59 Å². The largest absolute Gasteiger partial charge is 0.481 e. The Hall–Kier alpha value is -0.770. The second kappa shape index (κ2) is 12.6. The number of carbonyl (C=O) groups is 2. The van der Waals surface area contributed by atoms with Gasteiger partial charge in [0, 0.05) is 0 Å². The standard InChI is InChI=1S/C20H34O3S/c1-2-3-4-5-6-7-8-9-10-11-12-13-15-20(17-21)18(19(22)23)14-16-24-20/h14,16-18H,2-13,15H2,1H3,(H,22,23). The lowest BCUT2D eigenvalue weighted by atomic mass is 9.88. The molecule has 0 saturated heterocycles. The van der Waals surface area contributed by atoms with Crippen molar-refractivity contribution in [3.63, 3.8) is 0 Å². The SMILES string of the molecule is CCCCCCCCCCCCCCC1(C=O)SC=CC1C(=O)O. The Morgan fingerprint density at radius 3 is 1.96 bits per heavy atom. The molecular formula is C20H34O3S. The molecule has 1 rings (SSSR count). The second-order valence-electron chi connectivity index (χ2n) is 6.97. The lowest BCUT2D eigenvalue weighted by Crippen LogP contribution is -2.37. The number of carbonyl (C=O) groups excluding carboxylic acids is 1. The molecule has 2 unspecified atom stereocenters. The molecule has 0 aromatic rings. The second-order valence-corrected chi connectivity index (χ2v) is 8.24. The van der Waals surface area contributed by atoms with Crippen LogP contribution in [0.4, 0.5) is 0 Å². The van der Waals surface area contributed by atoms with E-state index in [0.29, 0.717) is 6.42 Å². The van der Waals surface area contributed by atoms with Gasteiger partial charge in [0.1, 0.15) is 6.29 Å². The van der Waals surface area contributed by atoms with Gasteiger partial charge in [0.2, 0.25) is 0 Å². The number of rotatable bonds is 15. The maximum absolute atomic E-state index is 11.5. The Labute approximate surface area is 151 Å². The van der Waals surface area contributed by atoms with Crippen molar-refractivity contribution in [3.8, 4) is 0 Å². The molecule has 138 valence electrons. The van der Waals surface area contributed by atoms with Crippen molar-refractivity contribution in [1.29, 1.82) is 0 Å². The fourth-order valence-electron chi connectivity index (χ4n) is 3.39. The number of unbranched alkanes of at least 4 members (excludes halogenated alkanes) is 11. The van der Waals surface area contributed by atoms with Gasteiger partial charge in [-0.2, -0.15) is 0 Å². The fourth-order valence-corrected chi connectivity index (χ4v) is 4.52. The predicted octanol–water partition coefficient (Wildman–Crippen LogP) is 5.98. The molecule has 1 N–H and O–H groups in total. The van der Waals surface area contributed by atoms with E-state index in [9.17, 15) is 14.7 Å². The Balaban J connectivity index is 2.02. The van der Waals surface area contributed by atoms with Crippen molar-refractivity contribution in [3.05, 3.63) is 11.5 Å². The van der Waals surface area contributed by atoms with Crippen molar-refractivity contribution >= 4 is 24.0 Å². The molecule has 4 heteroatoms. The molecule has 1 aliphatic heterocycles. The summed E-state index contributed by atoms with van der Waals surface area (Å²) >= 11 is 1.38. The van der Waals surface area contributed by atoms with Crippen molar-refractivity contribution in [2.75, 3.05) is 0 Å². The topological polar surface area (TPSA) is 54.4 Å². The van der Waals surface area contributed by atoms with E-state index in [0.717, 1.165) is 19.1 Å². The summed E-state index contributed by atoms with van der Waals surface area (Å²) in [6.45, 7) is 2.25. The van der Waals surface area contributed by atoms with Crippen LogP contribution in [0.5, 0.6) is 0 Å². The van der Waals surface area contributed by atoms with Crippen molar-refractivity contribution in [2.45, 2.75) is 95.1 Å². The van der Waals surface area contributed by atoms with Crippen LogP contribution >= 0.6 is 11.8 Å². The van der Waals surface area contributed by atoms with Gasteiger partial charge in [-0.05, 0) is 11.8 Å². The van der Waals surface area contributed by atoms with E-state index < -0.39 is 16.6 Å². The first-order chi connectivity index (χ1) is 11.7. The Kier molecular flexibility index (Phi) is 11.1. The molecular weight excluding hydrogens is 320 g/mol. The molecule has 1 aliphatic rings. The molecule has 2 atom stereocenters. The van der Waals surface area contributed by atoms with Gasteiger partial charge in [0.15, 0.2) is 0 Å². The molecule has 1 heterocycles. The van der Waals surface area contributed by atoms with Crippen LogP contribution in [0, 0.1) is 5.92 Å². The fraction of sp³-hybridized carbons (Fsp3) is 0.800. The molecule has 0 aromatic carbocycles. The van der Waals surface area contributed by atoms with Gasteiger partial charge in [-0.15, -0.1) is 11.8 Å². The van der Waals surface area contributed by atoms with E-state index in [1.54, 1.807) is 11.5 Å². The molecule has 0 fully saturated rings. The van der Waals surface area contributed by atoms with Crippen LogP contribution in [0.15, 0.2) is 11.5 Å². The summed E-state index contributed by atoms with van der Waals surface area (Å²) in [5.74, 6) is -1.55. The van der Waals surface area contributed by atoms with Gasteiger partial charge in [0.25, 0.3) is 0 Å². The molecule has 0 spiro atoms. The minimum atomic E-state index is -0.887. The predicted molar refractivity (Wildman–Crippen MR) is 102 cm³/mol. The highest BCUT2D eigenvalue weighted by atomic mass is 32.2. The first-order valence-corrected chi connectivity index (χ1v) is 10.6. The van der Waals surface area contributed by atoms with E-state index in [1.807, 2.05) is 0 Å². The summed E-state index contributed by atoms with van der Waals surface area (Å²) in [4.78, 5) is 22.7. The number of carboxylic acid groups (broad SMARTS) is 1.